The second-order valence-corrected chi connectivity index (χ2v) is 9.32. The summed E-state index contributed by atoms with van der Waals surface area (Å²) in [5, 5.41) is 0. The molecule has 0 aliphatic carbocycles. The molecule has 0 aliphatic rings. The Morgan fingerprint density at radius 1 is 1.16 bits per heavy atom. The van der Waals surface area contributed by atoms with Gasteiger partial charge in [-0.2, -0.15) is 11.8 Å². The van der Waals surface area contributed by atoms with Crippen molar-refractivity contribution in [3.05, 3.63) is 0 Å². The molecule has 0 aliphatic heterocycles. The molecule has 0 saturated heterocycles. The van der Waals surface area contributed by atoms with E-state index in [0.717, 1.165) is 37.2 Å². The van der Waals surface area contributed by atoms with E-state index in [0.29, 0.717) is 6.42 Å². The summed E-state index contributed by atoms with van der Waals surface area (Å²) in [7, 11) is 1.66. The summed E-state index contributed by atoms with van der Waals surface area (Å²) >= 11 is 1.84. The van der Waals surface area contributed by atoms with Crippen molar-refractivity contribution in [2.24, 2.45) is 0 Å². The normalized spacial score (nSPS) is 11.6. The Morgan fingerprint density at radius 3 is 2.21 bits per heavy atom. The van der Waals surface area contributed by atoms with Gasteiger partial charge in [0.05, 0.1) is 0 Å². The lowest BCUT2D eigenvalue weighted by atomic mass is 10.4. The van der Waals surface area contributed by atoms with Gasteiger partial charge in [-0.1, -0.05) is 0 Å². The van der Waals surface area contributed by atoms with Gasteiger partial charge in [0.15, 0.2) is 0 Å². The molecule has 1 amide bonds. The average Bonchev–Trinajstić information content (AvgIpc) is 2.33. The number of carbonyl (C=O) groups is 1. The first-order valence-electron chi connectivity index (χ1n) is 7.01. The van der Waals surface area contributed by atoms with Crippen LogP contribution in [0.2, 0.25) is 12.6 Å². The van der Waals surface area contributed by atoms with Gasteiger partial charge in [-0.05, 0) is 38.6 Å². The third-order valence-electron chi connectivity index (χ3n) is 2.78. The van der Waals surface area contributed by atoms with Crippen molar-refractivity contribution in [2.75, 3.05) is 38.8 Å². The summed E-state index contributed by atoms with van der Waals surface area (Å²) in [6, 6.07) is 1.03. The van der Waals surface area contributed by atoms with E-state index in [1.165, 1.54) is 0 Å². The first-order chi connectivity index (χ1) is 8.95. The van der Waals surface area contributed by atoms with Crippen molar-refractivity contribution in [2.45, 2.75) is 39.3 Å². The van der Waals surface area contributed by atoms with Crippen LogP contribution in [-0.2, 0) is 13.6 Å². The molecule has 0 aromatic rings. The molecule has 0 spiro atoms. The summed E-state index contributed by atoms with van der Waals surface area (Å²) < 4.78 is 11.6. The largest absolute Gasteiger partial charge is 0.395 e. The minimum atomic E-state index is -1.94. The number of hydrogen-bond acceptors (Lipinski definition) is 4. The maximum atomic E-state index is 11.4. The fraction of sp³-hybridized carbons (Fsp3) is 0.923. The topological polar surface area (TPSA) is 38.8 Å². The fourth-order valence-electron chi connectivity index (χ4n) is 1.78. The predicted octanol–water partition coefficient (Wildman–Crippen LogP) is 2.73. The summed E-state index contributed by atoms with van der Waals surface area (Å²) in [5.74, 6) is 2.18. The quantitative estimate of drug-likeness (QED) is 0.434. The van der Waals surface area contributed by atoms with Crippen molar-refractivity contribution in [3.63, 3.8) is 0 Å². The second kappa shape index (κ2) is 10.7. The maximum absolute atomic E-state index is 11.4. The van der Waals surface area contributed by atoms with Gasteiger partial charge in [0.1, 0.15) is 0 Å². The highest BCUT2D eigenvalue weighted by Gasteiger charge is 2.29. The minimum absolute atomic E-state index is 0.204. The van der Waals surface area contributed by atoms with E-state index < -0.39 is 8.56 Å². The molecule has 0 fully saturated rings. The van der Waals surface area contributed by atoms with Gasteiger partial charge < -0.3 is 13.8 Å². The lowest BCUT2D eigenvalue weighted by Crippen LogP contribution is -2.38. The van der Waals surface area contributed by atoms with Crippen molar-refractivity contribution in [1.29, 1.82) is 0 Å². The Kier molecular flexibility index (Phi) is 10.7. The van der Waals surface area contributed by atoms with Crippen LogP contribution in [0.1, 0.15) is 26.7 Å². The zero-order valence-electron chi connectivity index (χ0n) is 13.0. The molecule has 0 unspecified atom stereocenters. The van der Waals surface area contributed by atoms with Gasteiger partial charge in [0.25, 0.3) is 0 Å². The molecule has 0 atom stereocenters. The van der Waals surface area contributed by atoms with Gasteiger partial charge in [-0.25, -0.2) is 0 Å². The van der Waals surface area contributed by atoms with E-state index >= 15 is 0 Å². The van der Waals surface area contributed by atoms with E-state index in [1.807, 2.05) is 25.6 Å². The molecule has 6 heteroatoms. The van der Waals surface area contributed by atoms with E-state index in [1.54, 1.807) is 19.0 Å². The number of nitrogens with zero attached hydrogens (tertiary/aromatic N) is 1. The zero-order valence-corrected chi connectivity index (χ0v) is 14.8. The Bertz CT molecular complexity index is 246. The van der Waals surface area contributed by atoms with Crippen LogP contribution in [0.4, 0.5) is 0 Å². The highest BCUT2D eigenvalue weighted by Crippen LogP contribution is 2.18. The Labute approximate surface area is 123 Å². The molecule has 0 aromatic heterocycles. The molecule has 0 heterocycles. The molecule has 0 aromatic carbocycles. The highest BCUT2D eigenvalue weighted by molar-refractivity contribution is 7.99. The number of amides is 1. The zero-order chi connectivity index (χ0) is 14.7. The number of rotatable bonds is 11. The summed E-state index contributed by atoms with van der Waals surface area (Å²) in [6.45, 7) is 7.64. The molecule has 0 radical (unpaired) electrons. The summed E-state index contributed by atoms with van der Waals surface area (Å²) in [4.78, 5) is 13.0. The number of carbonyl (C=O) groups excluding carboxylic acids is 1. The smallest absolute Gasteiger partial charge is 0.334 e. The van der Waals surface area contributed by atoms with Crippen LogP contribution in [-0.4, -0.2) is 58.2 Å². The Balaban J connectivity index is 3.68. The predicted molar refractivity (Wildman–Crippen MR) is 84.9 cm³/mol. The van der Waals surface area contributed by atoms with Crippen LogP contribution >= 0.6 is 11.8 Å². The molecule has 0 N–H and O–H groups in total. The highest BCUT2D eigenvalue weighted by atomic mass is 32.2. The van der Waals surface area contributed by atoms with Crippen LogP contribution in [0.15, 0.2) is 0 Å². The fourth-order valence-corrected chi connectivity index (χ4v) is 5.32. The van der Waals surface area contributed by atoms with E-state index in [-0.39, 0.29) is 5.91 Å². The number of thioether (sulfide) groups is 1. The molecule has 114 valence electrons. The molecule has 4 nitrogen and oxygen atoms in total. The SMILES string of the molecule is CCO[Si](C)(CCCSCCC(=O)N(C)C)OCC. The van der Waals surface area contributed by atoms with Crippen LogP contribution in [0.5, 0.6) is 0 Å². The standard InChI is InChI=1S/C13H29NO3SSi/c1-6-16-19(5,17-7-2)12-8-10-18-11-9-13(15)14(3)4/h6-12H2,1-5H3. The van der Waals surface area contributed by atoms with Crippen molar-refractivity contribution in [3.8, 4) is 0 Å². The van der Waals surface area contributed by atoms with E-state index in [4.69, 9.17) is 8.85 Å². The molecule has 0 rings (SSSR count). The lowest BCUT2D eigenvalue weighted by Gasteiger charge is -2.25. The number of hydrogen-bond donors (Lipinski definition) is 0. The van der Waals surface area contributed by atoms with Gasteiger partial charge in [-0.3, -0.25) is 4.79 Å². The van der Waals surface area contributed by atoms with Crippen LogP contribution in [0, 0.1) is 0 Å². The van der Waals surface area contributed by atoms with E-state index in [9.17, 15) is 4.79 Å². The van der Waals surface area contributed by atoms with Crippen molar-refractivity contribution in [1.82, 2.24) is 4.90 Å². The Morgan fingerprint density at radius 2 is 1.74 bits per heavy atom. The lowest BCUT2D eigenvalue weighted by molar-refractivity contribution is -0.128. The third-order valence-corrected chi connectivity index (χ3v) is 6.91. The molecule has 19 heavy (non-hydrogen) atoms. The van der Waals surface area contributed by atoms with Crippen LogP contribution < -0.4 is 0 Å². The second-order valence-electron chi connectivity index (χ2n) is 4.75. The van der Waals surface area contributed by atoms with Crippen molar-refractivity contribution >= 4 is 26.2 Å². The van der Waals surface area contributed by atoms with Gasteiger partial charge in [0.2, 0.25) is 5.91 Å². The first-order valence-corrected chi connectivity index (χ1v) is 10.7. The monoisotopic (exact) mass is 307 g/mol. The molecular weight excluding hydrogens is 278 g/mol. The van der Waals surface area contributed by atoms with Gasteiger partial charge in [0, 0.05) is 39.5 Å². The van der Waals surface area contributed by atoms with E-state index in [2.05, 4.69) is 6.55 Å². The minimum Gasteiger partial charge on any atom is -0.395 e. The molecule has 0 saturated carbocycles. The van der Waals surface area contributed by atoms with Crippen LogP contribution in [0.3, 0.4) is 0 Å². The Hall–Kier alpha value is -0.0431. The average molecular weight is 308 g/mol. The summed E-state index contributed by atoms with van der Waals surface area (Å²) in [5.41, 5.74) is 0. The van der Waals surface area contributed by atoms with Crippen molar-refractivity contribution < 1.29 is 13.6 Å². The maximum Gasteiger partial charge on any atom is 0.334 e. The first kappa shape index (κ1) is 19.0. The molecule has 0 bridgehead atoms. The van der Waals surface area contributed by atoms with Gasteiger partial charge >= 0.3 is 8.56 Å². The third kappa shape index (κ3) is 9.48. The molecular formula is C13H29NO3SSi. The summed E-state index contributed by atoms with van der Waals surface area (Å²) in [6.07, 6.45) is 1.73. The van der Waals surface area contributed by atoms with Gasteiger partial charge in [-0.15, -0.1) is 0 Å². The van der Waals surface area contributed by atoms with Crippen LogP contribution in [0.25, 0.3) is 0 Å².